The molecule has 2 N–H and O–H groups in total. The SMILES string of the molecule is CN=C(NCc1ccc(OCC(F)(F)F)cc1)NCc1ccnc(-n2ccnc2)c1.I. The van der Waals surface area contributed by atoms with Crippen LogP contribution in [0.3, 0.4) is 0 Å². The summed E-state index contributed by atoms with van der Waals surface area (Å²) >= 11 is 0. The molecule has 1 aromatic carbocycles. The molecule has 0 amide bonds. The molecule has 7 nitrogen and oxygen atoms in total. The van der Waals surface area contributed by atoms with Gasteiger partial charge in [0.15, 0.2) is 12.6 Å². The summed E-state index contributed by atoms with van der Waals surface area (Å²) in [5.41, 5.74) is 1.89. The molecular weight excluding hydrogens is 524 g/mol. The van der Waals surface area contributed by atoms with Gasteiger partial charge >= 0.3 is 6.18 Å². The third-order valence-electron chi connectivity index (χ3n) is 4.05. The number of hydrogen-bond acceptors (Lipinski definition) is 4. The predicted molar refractivity (Wildman–Crippen MR) is 122 cm³/mol. The van der Waals surface area contributed by atoms with Crippen LogP contribution in [0.2, 0.25) is 0 Å². The molecule has 11 heteroatoms. The molecule has 0 atom stereocenters. The number of benzene rings is 1. The summed E-state index contributed by atoms with van der Waals surface area (Å²) in [6.07, 6.45) is 2.56. The molecule has 2 heterocycles. The average Bonchev–Trinajstić information content (AvgIpc) is 3.28. The van der Waals surface area contributed by atoms with Crippen LogP contribution in [-0.2, 0) is 13.1 Å². The summed E-state index contributed by atoms with van der Waals surface area (Å²) in [5, 5.41) is 6.37. The fourth-order valence-corrected chi connectivity index (χ4v) is 2.57. The Bertz CT molecular complexity index is 962. The highest BCUT2D eigenvalue weighted by molar-refractivity contribution is 14.0. The number of alkyl halides is 3. The topological polar surface area (TPSA) is 76.4 Å². The number of aliphatic imine (C=N–C) groups is 1. The van der Waals surface area contributed by atoms with Gasteiger partial charge in [0.2, 0.25) is 0 Å². The first kappa shape index (κ1) is 24.4. The van der Waals surface area contributed by atoms with Crippen molar-refractivity contribution in [1.29, 1.82) is 0 Å². The summed E-state index contributed by atoms with van der Waals surface area (Å²) in [6, 6.07) is 10.3. The predicted octanol–water partition coefficient (Wildman–Crippen LogP) is 3.69. The molecule has 166 valence electrons. The van der Waals surface area contributed by atoms with E-state index in [4.69, 9.17) is 4.74 Å². The number of hydrogen-bond donors (Lipinski definition) is 2. The summed E-state index contributed by atoms with van der Waals surface area (Å²) in [7, 11) is 1.66. The van der Waals surface area contributed by atoms with Crippen LogP contribution >= 0.6 is 24.0 Å². The Kier molecular flexibility index (Phi) is 9.09. The molecule has 0 unspecified atom stereocenters. The van der Waals surface area contributed by atoms with Gasteiger partial charge in [0.1, 0.15) is 17.9 Å². The van der Waals surface area contributed by atoms with Crippen LogP contribution in [0, 0.1) is 0 Å². The minimum Gasteiger partial charge on any atom is -0.484 e. The first-order valence-corrected chi connectivity index (χ1v) is 9.09. The molecule has 3 rings (SSSR count). The minimum absolute atomic E-state index is 0. The van der Waals surface area contributed by atoms with E-state index in [1.54, 1.807) is 37.9 Å². The number of guanidine groups is 1. The zero-order chi connectivity index (χ0) is 21.4. The van der Waals surface area contributed by atoms with Crippen molar-refractivity contribution in [3.63, 3.8) is 0 Å². The van der Waals surface area contributed by atoms with E-state index in [1.165, 1.54) is 12.1 Å². The Hall–Kier alpha value is -2.83. The fraction of sp³-hybridized carbons (Fsp3) is 0.250. The van der Waals surface area contributed by atoms with Crippen molar-refractivity contribution in [3.05, 3.63) is 72.4 Å². The standard InChI is InChI=1S/C20H21F3N6O.HI/c1-24-19(27-11-15-2-4-17(5-3-15)30-13-20(21,22)23)28-12-16-6-7-26-18(10-16)29-9-8-25-14-29;/h2-10,14H,11-13H2,1H3,(H2,24,27,28);1H. The van der Waals surface area contributed by atoms with Crippen LogP contribution in [0.5, 0.6) is 5.75 Å². The quantitative estimate of drug-likeness (QED) is 0.269. The lowest BCUT2D eigenvalue weighted by Gasteiger charge is -2.13. The van der Waals surface area contributed by atoms with E-state index in [-0.39, 0.29) is 29.7 Å². The fourth-order valence-electron chi connectivity index (χ4n) is 2.57. The average molecular weight is 546 g/mol. The minimum atomic E-state index is -4.35. The van der Waals surface area contributed by atoms with Gasteiger partial charge in [-0.05, 0) is 35.4 Å². The lowest BCUT2D eigenvalue weighted by atomic mass is 10.2. The summed E-state index contributed by atoms with van der Waals surface area (Å²) < 4.78 is 43.1. The Balaban J connectivity index is 0.00000341. The van der Waals surface area contributed by atoms with Gasteiger partial charge in [0.05, 0.1) is 0 Å². The molecule has 0 aliphatic heterocycles. The Labute approximate surface area is 194 Å². The first-order valence-electron chi connectivity index (χ1n) is 9.09. The van der Waals surface area contributed by atoms with Crippen LogP contribution in [0.25, 0.3) is 5.82 Å². The van der Waals surface area contributed by atoms with Gasteiger partial charge in [-0.1, -0.05) is 12.1 Å². The van der Waals surface area contributed by atoms with Crippen LogP contribution in [0.15, 0.2) is 66.3 Å². The third kappa shape index (κ3) is 8.07. The summed E-state index contributed by atoms with van der Waals surface area (Å²) in [4.78, 5) is 12.5. The van der Waals surface area contributed by atoms with Crippen molar-refractivity contribution < 1.29 is 17.9 Å². The van der Waals surface area contributed by atoms with E-state index < -0.39 is 12.8 Å². The van der Waals surface area contributed by atoms with E-state index >= 15 is 0 Å². The number of nitrogens with zero attached hydrogens (tertiary/aromatic N) is 4. The highest BCUT2D eigenvalue weighted by Crippen LogP contribution is 2.18. The molecule has 0 spiro atoms. The third-order valence-corrected chi connectivity index (χ3v) is 4.05. The smallest absolute Gasteiger partial charge is 0.422 e. The molecule has 31 heavy (non-hydrogen) atoms. The molecule has 0 fully saturated rings. The number of ether oxygens (including phenoxy) is 1. The van der Waals surface area contributed by atoms with Gasteiger partial charge in [-0.25, -0.2) is 9.97 Å². The van der Waals surface area contributed by atoms with Gasteiger partial charge in [-0.3, -0.25) is 9.56 Å². The Morgan fingerprint density at radius 1 is 1.06 bits per heavy atom. The molecular formula is C20H22F3IN6O. The van der Waals surface area contributed by atoms with Crippen molar-refractivity contribution in [3.8, 4) is 11.6 Å². The Morgan fingerprint density at radius 2 is 1.77 bits per heavy atom. The summed E-state index contributed by atoms with van der Waals surface area (Å²) in [5.74, 6) is 1.53. The molecule has 0 radical (unpaired) electrons. The van der Waals surface area contributed by atoms with E-state index in [1.807, 2.05) is 22.9 Å². The van der Waals surface area contributed by atoms with Crippen LogP contribution in [-0.4, -0.2) is 40.3 Å². The summed E-state index contributed by atoms with van der Waals surface area (Å²) in [6.45, 7) is -0.317. The molecule has 0 bridgehead atoms. The van der Waals surface area contributed by atoms with Gasteiger partial charge < -0.3 is 15.4 Å². The highest BCUT2D eigenvalue weighted by Gasteiger charge is 2.28. The second-order valence-electron chi connectivity index (χ2n) is 6.32. The first-order chi connectivity index (χ1) is 14.4. The molecule has 2 aromatic heterocycles. The number of imidazole rings is 1. The van der Waals surface area contributed by atoms with Crippen molar-refractivity contribution in [2.45, 2.75) is 19.3 Å². The maximum absolute atomic E-state index is 12.2. The molecule has 3 aromatic rings. The number of aromatic nitrogens is 3. The van der Waals surface area contributed by atoms with Crippen LogP contribution < -0.4 is 15.4 Å². The second kappa shape index (κ2) is 11.5. The number of halogens is 4. The van der Waals surface area contributed by atoms with Gasteiger partial charge in [0.25, 0.3) is 0 Å². The largest absolute Gasteiger partial charge is 0.484 e. The van der Waals surface area contributed by atoms with E-state index in [9.17, 15) is 13.2 Å². The van der Waals surface area contributed by atoms with Crippen molar-refractivity contribution in [2.75, 3.05) is 13.7 Å². The van der Waals surface area contributed by atoms with Gasteiger partial charge in [0, 0.05) is 38.7 Å². The van der Waals surface area contributed by atoms with E-state index in [0.717, 1.165) is 16.9 Å². The maximum atomic E-state index is 12.2. The zero-order valence-electron chi connectivity index (χ0n) is 16.6. The van der Waals surface area contributed by atoms with Gasteiger partial charge in [-0.15, -0.1) is 24.0 Å². The number of nitrogens with one attached hydrogen (secondary N) is 2. The van der Waals surface area contributed by atoms with Crippen LogP contribution in [0.1, 0.15) is 11.1 Å². The highest BCUT2D eigenvalue weighted by atomic mass is 127. The van der Waals surface area contributed by atoms with Crippen LogP contribution in [0.4, 0.5) is 13.2 Å². The monoisotopic (exact) mass is 546 g/mol. The van der Waals surface area contributed by atoms with Crippen molar-refractivity contribution in [1.82, 2.24) is 25.2 Å². The van der Waals surface area contributed by atoms with E-state index in [2.05, 4.69) is 25.6 Å². The lowest BCUT2D eigenvalue weighted by molar-refractivity contribution is -0.153. The molecule has 0 saturated heterocycles. The molecule has 0 saturated carbocycles. The second-order valence-corrected chi connectivity index (χ2v) is 6.32. The molecule has 0 aliphatic rings. The van der Waals surface area contributed by atoms with E-state index in [0.29, 0.717) is 19.0 Å². The van der Waals surface area contributed by atoms with Crippen molar-refractivity contribution >= 4 is 29.9 Å². The number of pyridine rings is 1. The Morgan fingerprint density at radius 3 is 2.39 bits per heavy atom. The van der Waals surface area contributed by atoms with Gasteiger partial charge in [-0.2, -0.15) is 13.2 Å². The molecule has 0 aliphatic carbocycles. The maximum Gasteiger partial charge on any atom is 0.422 e. The van der Waals surface area contributed by atoms with Crippen molar-refractivity contribution in [2.24, 2.45) is 4.99 Å². The zero-order valence-corrected chi connectivity index (χ0v) is 19.0. The normalized spacial score (nSPS) is 11.5. The lowest BCUT2D eigenvalue weighted by Crippen LogP contribution is -2.36. The number of rotatable bonds is 7.